The van der Waals surface area contributed by atoms with Gasteiger partial charge in [-0.3, -0.25) is 9.63 Å². The summed E-state index contributed by atoms with van der Waals surface area (Å²) < 4.78 is 0. The fourth-order valence-corrected chi connectivity index (χ4v) is 2.28. The number of thiazole rings is 1. The fraction of sp³-hybridized carbons (Fsp3) is 0.167. The van der Waals surface area contributed by atoms with E-state index in [4.69, 9.17) is 10.6 Å². The Morgan fingerprint density at radius 1 is 1.42 bits per heavy atom. The molecule has 3 N–H and O–H groups in total. The monoisotopic (exact) mass is 278 g/mol. The Balaban J connectivity index is 2.19. The van der Waals surface area contributed by atoms with Gasteiger partial charge in [0.1, 0.15) is 10.7 Å². The zero-order chi connectivity index (χ0) is 13.8. The van der Waals surface area contributed by atoms with Crippen LogP contribution in [0, 0.1) is 0 Å². The van der Waals surface area contributed by atoms with Gasteiger partial charge in [-0.05, 0) is 12.1 Å². The molecule has 1 aromatic heterocycles. The van der Waals surface area contributed by atoms with E-state index in [9.17, 15) is 4.79 Å². The maximum absolute atomic E-state index is 11.9. The summed E-state index contributed by atoms with van der Waals surface area (Å²) in [6.45, 7) is 0. The van der Waals surface area contributed by atoms with Gasteiger partial charge in [-0.1, -0.05) is 29.5 Å². The quantitative estimate of drug-likeness (QED) is 0.837. The van der Waals surface area contributed by atoms with Crippen LogP contribution in [0.5, 0.6) is 0 Å². The lowest BCUT2D eigenvalue weighted by Gasteiger charge is -2.11. The molecule has 2 rings (SSSR count). The second kappa shape index (κ2) is 5.68. The third-order valence-electron chi connectivity index (χ3n) is 2.43. The number of carbonyl (C=O) groups is 1. The van der Waals surface area contributed by atoms with Crippen molar-refractivity contribution in [3.05, 3.63) is 35.2 Å². The molecule has 7 heteroatoms. The largest absolute Gasteiger partial charge is 0.382 e. The molecule has 1 amide bonds. The highest BCUT2D eigenvalue weighted by Gasteiger charge is 2.19. The number of hydrogen-bond donors (Lipinski definition) is 2. The highest BCUT2D eigenvalue weighted by Crippen LogP contribution is 2.28. The number of hydroxylamine groups is 2. The van der Waals surface area contributed by atoms with Gasteiger partial charge in [0.25, 0.3) is 5.91 Å². The maximum atomic E-state index is 11.9. The molecule has 0 spiro atoms. The van der Waals surface area contributed by atoms with Gasteiger partial charge in [-0.25, -0.2) is 10.0 Å². The third kappa shape index (κ3) is 3.01. The Labute approximate surface area is 114 Å². The molecule has 2 aromatic rings. The smallest absolute Gasteiger partial charge is 0.291 e. The number of hydrogen-bond acceptors (Lipinski definition) is 6. The van der Waals surface area contributed by atoms with Gasteiger partial charge in [0.15, 0.2) is 5.13 Å². The standard InChI is InChI=1S/C12H14N4O2S/c1-16(18-2)11(17)9-10(13)15-12(19-9)14-8-6-4-3-5-7-8/h3-7H,13H2,1-2H3,(H,14,15). The Hall–Kier alpha value is -2.12. The number of nitrogens with one attached hydrogen (secondary N) is 1. The number of rotatable bonds is 4. The lowest BCUT2D eigenvalue weighted by Crippen LogP contribution is -2.25. The summed E-state index contributed by atoms with van der Waals surface area (Å²) in [5.74, 6) is -0.129. The SMILES string of the molecule is CON(C)C(=O)c1sc(Nc2ccccc2)nc1N. The number of nitrogens with zero attached hydrogens (tertiary/aromatic N) is 2. The molecule has 0 saturated heterocycles. The average molecular weight is 278 g/mol. The molecule has 6 nitrogen and oxygen atoms in total. The zero-order valence-corrected chi connectivity index (χ0v) is 11.4. The van der Waals surface area contributed by atoms with Crippen LogP contribution in [0.4, 0.5) is 16.6 Å². The summed E-state index contributed by atoms with van der Waals surface area (Å²) in [5.41, 5.74) is 6.63. The van der Waals surface area contributed by atoms with Gasteiger partial charge in [-0.15, -0.1) is 0 Å². The summed E-state index contributed by atoms with van der Waals surface area (Å²) in [6.07, 6.45) is 0. The van der Waals surface area contributed by atoms with Crippen molar-refractivity contribution in [1.29, 1.82) is 0 Å². The van der Waals surface area contributed by atoms with Gasteiger partial charge in [0.2, 0.25) is 0 Å². The Morgan fingerprint density at radius 3 is 2.74 bits per heavy atom. The minimum atomic E-state index is -0.321. The van der Waals surface area contributed by atoms with Gasteiger partial charge in [-0.2, -0.15) is 0 Å². The summed E-state index contributed by atoms with van der Waals surface area (Å²) in [7, 11) is 2.93. The number of benzene rings is 1. The van der Waals surface area contributed by atoms with Crippen LogP contribution in [0.15, 0.2) is 30.3 Å². The molecular weight excluding hydrogens is 264 g/mol. The lowest BCUT2D eigenvalue weighted by molar-refractivity contribution is -0.0753. The number of para-hydroxylation sites is 1. The number of nitrogen functional groups attached to an aromatic ring is 1. The van der Waals surface area contributed by atoms with E-state index < -0.39 is 0 Å². The van der Waals surface area contributed by atoms with E-state index in [1.165, 1.54) is 25.5 Å². The van der Waals surface area contributed by atoms with Crippen molar-refractivity contribution < 1.29 is 9.63 Å². The Morgan fingerprint density at radius 2 is 2.11 bits per heavy atom. The molecule has 0 saturated carbocycles. The first-order valence-electron chi connectivity index (χ1n) is 5.52. The molecule has 0 unspecified atom stereocenters. The number of amides is 1. The van der Waals surface area contributed by atoms with Crippen LogP contribution < -0.4 is 11.1 Å². The number of anilines is 3. The molecule has 0 fully saturated rings. The molecule has 0 bridgehead atoms. The molecule has 0 radical (unpaired) electrons. The van der Waals surface area contributed by atoms with Crippen LogP contribution in [0.1, 0.15) is 9.67 Å². The lowest BCUT2D eigenvalue weighted by atomic mass is 10.3. The second-order valence-corrected chi connectivity index (χ2v) is 4.71. The first-order valence-corrected chi connectivity index (χ1v) is 6.34. The van der Waals surface area contributed by atoms with Crippen LogP contribution >= 0.6 is 11.3 Å². The number of aromatic nitrogens is 1. The van der Waals surface area contributed by atoms with Crippen molar-refractivity contribution in [1.82, 2.24) is 10.0 Å². The van der Waals surface area contributed by atoms with Gasteiger partial charge in [0.05, 0.1) is 7.11 Å². The van der Waals surface area contributed by atoms with E-state index in [1.54, 1.807) is 0 Å². The normalized spacial score (nSPS) is 10.2. The van der Waals surface area contributed by atoms with Crippen molar-refractivity contribution >= 4 is 33.9 Å². The zero-order valence-electron chi connectivity index (χ0n) is 10.6. The van der Waals surface area contributed by atoms with Gasteiger partial charge >= 0.3 is 0 Å². The summed E-state index contributed by atoms with van der Waals surface area (Å²) >= 11 is 1.19. The minimum Gasteiger partial charge on any atom is -0.382 e. The van der Waals surface area contributed by atoms with Crippen molar-refractivity contribution in [2.75, 3.05) is 25.2 Å². The van der Waals surface area contributed by atoms with E-state index in [1.807, 2.05) is 30.3 Å². The minimum absolute atomic E-state index is 0.192. The van der Waals surface area contributed by atoms with Crippen LogP contribution in [-0.4, -0.2) is 30.1 Å². The van der Waals surface area contributed by atoms with Gasteiger partial charge < -0.3 is 11.1 Å². The van der Waals surface area contributed by atoms with Crippen LogP contribution in [0.25, 0.3) is 0 Å². The Kier molecular flexibility index (Phi) is 3.98. The van der Waals surface area contributed by atoms with Gasteiger partial charge in [0, 0.05) is 12.7 Å². The first kappa shape index (κ1) is 13.3. The van der Waals surface area contributed by atoms with Crippen molar-refractivity contribution in [3.63, 3.8) is 0 Å². The molecule has 1 aromatic carbocycles. The predicted octanol–water partition coefficient (Wildman–Crippen LogP) is 2.10. The molecule has 1 heterocycles. The highest BCUT2D eigenvalue weighted by atomic mass is 32.1. The fourth-order valence-electron chi connectivity index (χ4n) is 1.41. The van der Waals surface area contributed by atoms with E-state index in [-0.39, 0.29) is 11.7 Å². The van der Waals surface area contributed by atoms with Crippen molar-refractivity contribution in [3.8, 4) is 0 Å². The molecule has 100 valence electrons. The highest BCUT2D eigenvalue weighted by molar-refractivity contribution is 7.18. The Bertz CT molecular complexity index is 570. The van der Waals surface area contributed by atoms with Crippen molar-refractivity contribution in [2.24, 2.45) is 0 Å². The number of nitrogens with two attached hydrogens (primary N) is 1. The molecule has 0 aliphatic carbocycles. The summed E-state index contributed by atoms with van der Waals surface area (Å²) in [6, 6.07) is 9.54. The molecule has 19 heavy (non-hydrogen) atoms. The van der Waals surface area contributed by atoms with E-state index in [0.717, 1.165) is 10.8 Å². The molecule has 0 atom stereocenters. The molecular formula is C12H14N4O2S. The topological polar surface area (TPSA) is 80.5 Å². The third-order valence-corrected chi connectivity index (χ3v) is 3.41. The summed E-state index contributed by atoms with van der Waals surface area (Å²) in [4.78, 5) is 21.2. The van der Waals surface area contributed by atoms with Crippen LogP contribution in [0.3, 0.4) is 0 Å². The van der Waals surface area contributed by atoms with E-state index in [2.05, 4.69) is 10.3 Å². The average Bonchev–Trinajstić information content (AvgIpc) is 2.79. The second-order valence-electron chi connectivity index (χ2n) is 3.71. The molecule has 0 aliphatic rings. The van der Waals surface area contributed by atoms with E-state index >= 15 is 0 Å². The van der Waals surface area contributed by atoms with Crippen LogP contribution in [-0.2, 0) is 4.84 Å². The predicted molar refractivity (Wildman–Crippen MR) is 75.4 cm³/mol. The van der Waals surface area contributed by atoms with E-state index in [0.29, 0.717) is 10.0 Å². The summed E-state index contributed by atoms with van der Waals surface area (Å²) in [5, 5.41) is 4.77. The first-order chi connectivity index (χ1) is 9.11. The molecule has 0 aliphatic heterocycles. The number of carbonyl (C=O) groups excluding carboxylic acids is 1. The maximum Gasteiger partial charge on any atom is 0.291 e. The van der Waals surface area contributed by atoms with Crippen molar-refractivity contribution in [2.45, 2.75) is 0 Å². The van der Waals surface area contributed by atoms with Crippen LogP contribution in [0.2, 0.25) is 0 Å².